The van der Waals surface area contributed by atoms with Crippen molar-refractivity contribution in [3.05, 3.63) is 47.9 Å². The van der Waals surface area contributed by atoms with Crippen LogP contribution in [0.1, 0.15) is 25.1 Å². The van der Waals surface area contributed by atoms with Gasteiger partial charge in [0.05, 0.1) is 19.7 Å². The first kappa shape index (κ1) is 15.9. The lowest BCUT2D eigenvalue weighted by Crippen LogP contribution is -2.36. The molecule has 0 radical (unpaired) electrons. The molecule has 0 bridgehead atoms. The Hall–Kier alpha value is -2.50. The van der Waals surface area contributed by atoms with Crippen LogP contribution in [0.4, 0.5) is 0 Å². The summed E-state index contributed by atoms with van der Waals surface area (Å²) in [5.74, 6) is 1.61. The normalized spacial score (nSPS) is 11.3. The number of rotatable bonds is 7. The third kappa shape index (κ3) is 4.80. The summed E-state index contributed by atoms with van der Waals surface area (Å²) < 4.78 is 10.4. The van der Waals surface area contributed by atoms with Crippen LogP contribution in [0, 0.1) is 0 Å². The number of ether oxygens (including phenoxy) is 1. The summed E-state index contributed by atoms with van der Waals surface area (Å²) in [4.78, 5) is 4.58. The van der Waals surface area contributed by atoms with E-state index in [4.69, 9.17) is 9.26 Å². The Bertz CT molecular complexity index is 582. The van der Waals surface area contributed by atoms with Gasteiger partial charge in [0.25, 0.3) is 0 Å². The summed E-state index contributed by atoms with van der Waals surface area (Å²) in [6.07, 6.45) is 1.55. The first-order chi connectivity index (χ1) is 10.8. The number of benzene rings is 1. The molecule has 0 atom stereocenters. The molecule has 6 heteroatoms. The van der Waals surface area contributed by atoms with E-state index in [0.717, 1.165) is 29.5 Å². The molecule has 22 heavy (non-hydrogen) atoms. The molecule has 0 aliphatic carbocycles. The first-order valence-corrected chi connectivity index (χ1v) is 7.45. The van der Waals surface area contributed by atoms with Crippen molar-refractivity contribution in [3.63, 3.8) is 0 Å². The minimum absolute atomic E-state index is 0.546. The molecule has 0 fully saturated rings. The van der Waals surface area contributed by atoms with E-state index < -0.39 is 0 Å². The predicted octanol–water partition coefficient (Wildman–Crippen LogP) is 2.33. The largest absolute Gasteiger partial charge is 0.494 e. The number of guanidine groups is 1. The summed E-state index contributed by atoms with van der Waals surface area (Å²) in [6, 6.07) is 9.76. The number of hydrogen-bond donors (Lipinski definition) is 2. The van der Waals surface area contributed by atoms with Gasteiger partial charge in [0.2, 0.25) is 0 Å². The molecule has 2 rings (SSSR count). The third-order valence-electron chi connectivity index (χ3n) is 2.95. The maximum absolute atomic E-state index is 5.62. The number of hydrogen-bond acceptors (Lipinski definition) is 4. The van der Waals surface area contributed by atoms with E-state index in [9.17, 15) is 0 Å². The zero-order chi connectivity index (χ0) is 15.6. The van der Waals surface area contributed by atoms with E-state index in [1.54, 1.807) is 6.26 Å². The van der Waals surface area contributed by atoms with Gasteiger partial charge < -0.3 is 19.9 Å². The van der Waals surface area contributed by atoms with Crippen LogP contribution in [0.25, 0.3) is 0 Å². The average Bonchev–Trinajstić information content (AvgIpc) is 3.05. The predicted molar refractivity (Wildman–Crippen MR) is 85.8 cm³/mol. The van der Waals surface area contributed by atoms with Gasteiger partial charge in [-0.2, -0.15) is 0 Å². The molecule has 118 valence electrons. The first-order valence-electron chi connectivity index (χ1n) is 7.45. The van der Waals surface area contributed by atoms with Crippen LogP contribution in [0.15, 0.2) is 46.1 Å². The van der Waals surface area contributed by atoms with Gasteiger partial charge >= 0.3 is 0 Å². The van der Waals surface area contributed by atoms with Gasteiger partial charge in [-0.05, 0) is 19.9 Å². The highest BCUT2D eigenvalue weighted by atomic mass is 16.5. The van der Waals surface area contributed by atoms with E-state index in [-0.39, 0.29) is 0 Å². The summed E-state index contributed by atoms with van der Waals surface area (Å²) in [7, 11) is 0. The van der Waals surface area contributed by atoms with Crippen molar-refractivity contribution in [1.29, 1.82) is 0 Å². The Morgan fingerprint density at radius 2 is 2.09 bits per heavy atom. The fourth-order valence-corrected chi connectivity index (χ4v) is 1.94. The lowest BCUT2D eigenvalue weighted by molar-refractivity contribution is 0.336. The molecule has 0 spiro atoms. The molecule has 0 saturated heterocycles. The smallest absolute Gasteiger partial charge is 0.191 e. The molecule has 1 aromatic carbocycles. The second-order valence-corrected chi connectivity index (χ2v) is 4.58. The van der Waals surface area contributed by atoms with Gasteiger partial charge in [0.15, 0.2) is 5.96 Å². The molecular formula is C16H22N4O2. The minimum Gasteiger partial charge on any atom is -0.494 e. The summed E-state index contributed by atoms with van der Waals surface area (Å²) in [5.41, 5.74) is 1.89. The monoisotopic (exact) mass is 302 g/mol. The van der Waals surface area contributed by atoms with Crippen molar-refractivity contribution in [2.24, 2.45) is 4.99 Å². The third-order valence-corrected chi connectivity index (χ3v) is 2.95. The molecule has 0 aliphatic rings. The standard InChI is InChI=1S/C16H22N4O2/c1-3-17-16(19-12-14-9-10-22-20-14)18-11-13-7-5-6-8-15(13)21-4-2/h5-10H,3-4,11-12H2,1-2H3,(H2,17,18,19). The zero-order valence-corrected chi connectivity index (χ0v) is 13.0. The molecule has 2 aromatic rings. The fourth-order valence-electron chi connectivity index (χ4n) is 1.94. The van der Waals surface area contributed by atoms with Crippen LogP contribution in [0.5, 0.6) is 5.75 Å². The highest BCUT2D eigenvalue weighted by molar-refractivity contribution is 5.79. The zero-order valence-electron chi connectivity index (χ0n) is 13.0. The van der Waals surface area contributed by atoms with Crippen molar-refractivity contribution in [1.82, 2.24) is 15.8 Å². The van der Waals surface area contributed by atoms with Gasteiger partial charge in [0, 0.05) is 18.2 Å². The van der Waals surface area contributed by atoms with Crippen molar-refractivity contribution < 1.29 is 9.26 Å². The number of aliphatic imine (C=N–C) groups is 1. The lowest BCUT2D eigenvalue weighted by atomic mass is 10.2. The maximum Gasteiger partial charge on any atom is 0.191 e. The van der Waals surface area contributed by atoms with E-state index in [1.807, 2.05) is 44.2 Å². The van der Waals surface area contributed by atoms with Gasteiger partial charge in [0.1, 0.15) is 17.7 Å². The van der Waals surface area contributed by atoms with Crippen molar-refractivity contribution >= 4 is 5.96 Å². The van der Waals surface area contributed by atoms with Gasteiger partial charge in [-0.1, -0.05) is 23.4 Å². The average molecular weight is 302 g/mol. The second kappa shape index (κ2) is 8.71. The summed E-state index contributed by atoms with van der Waals surface area (Å²) in [5, 5.41) is 10.3. The number of aromatic nitrogens is 1. The maximum atomic E-state index is 5.62. The highest BCUT2D eigenvalue weighted by Crippen LogP contribution is 2.18. The van der Waals surface area contributed by atoms with Crippen LogP contribution in [-0.4, -0.2) is 24.3 Å². The van der Waals surface area contributed by atoms with Gasteiger partial charge in [-0.3, -0.25) is 0 Å². The molecule has 6 nitrogen and oxygen atoms in total. The van der Waals surface area contributed by atoms with Crippen LogP contribution >= 0.6 is 0 Å². The Morgan fingerprint density at radius 3 is 2.82 bits per heavy atom. The van der Waals surface area contributed by atoms with Crippen molar-refractivity contribution in [3.8, 4) is 5.75 Å². The minimum atomic E-state index is 0.546. The van der Waals surface area contributed by atoms with E-state index >= 15 is 0 Å². The van der Waals surface area contributed by atoms with E-state index in [1.165, 1.54) is 0 Å². The second-order valence-electron chi connectivity index (χ2n) is 4.58. The van der Waals surface area contributed by atoms with E-state index in [0.29, 0.717) is 19.7 Å². The molecule has 0 amide bonds. The van der Waals surface area contributed by atoms with Crippen LogP contribution in [-0.2, 0) is 13.1 Å². The number of nitrogens with one attached hydrogen (secondary N) is 2. The Labute approximate surface area is 130 Å². The Morgan fingerprint density at radius 1 is 1.23 bits per heavy atom. The Kier molecular flexibility index (Phi) is 6.29. The van der Waals surface area contributed by atoms with Gasteiger partial charge in [-0.25, -0.2) is 4.99 Å². The van der Waals surface area contributed by atoms with Gasteiger partial charge in [-0.15, -0.1) is 0 Å². The molecule has 2 N–H and O–H groups in total. The molecule has 0 saturated carbocycles. The summed E-state index contributed by atoms with van der Waals surface area (Å²) in [6.45, 7) is 6.55. The van der Waals surface area contributed by atoms with Crippen LogP contribution in [0.3, 0.4) is 0 Å². The molecule has 1 aromatic heterocycles. The molecule has 0 unspecified atom stereocenters. The van der Waals surface area contributed by atoms with Crippen molar-refractivity contribution in [2.75, 3.05) is 13.2 Å². The van der Waals surface area contributed by atoms with Crippen LogP contribution < -0.4 is 15.4 Å². The van der Waals surface area contributed by atoms with Crippen LogP contribution in [0.2, 0.25) is 0 Å². The Balaban J connectivity index is 2.00. The number of para-hydroxylation sites is 1. The topological polar surface area (TPSA) is 71.7 Å². The van der Waals surface area contributed by atoms with Crippen molar-refractivity contribution in [2.45, 2.75) is 26.9 Å². The number of nitrogens with zero attached hydrogens (tertiary/aromatic N) is 2. The molecule has 0 aliphatic heterocycles. The summed E-state index contributed by atoms with van der Waals surface area (Å²) >= 11 is 0. The molecule has 1 heterocycles. The SMILES string of the molecule is CCNC(=NCc1ccccc1OCC)NCc1ccon1. The van der Waals surface area contributed by atoms with E-state index in [2.05, 4.69) is 20.8 Å². The quantitative estimate of drug-likeness (QED) is 0.607. The fraction of sp³-hybridized carbons (Fsp3) is 0.375. The lowest BCUT2D eigenvalue weighted by Gasteiger charge is -2.11. The molecular weight excluding hydrogens is 280 g/mol. The highest BCUT2D eigenvalue weighted by Gasteiger charge is 2.04.